The van der Waals surface area contributed by atoms with E-state index in [1.54, 1.807) is 18.9 Å². The fourth-order valence-corrected chi connectivity index (χ4v) is 3.77. The van der Waals surface area contributed by atoms with Crippen molar-refractivity contribution in [2.45, 2.75) is 16.2 Å². The molecule has 0 saturated carbocycles. The quantitative estimate of drug-likeness (QED) is 0.863. The van der Waals surface area contributed by atoms with Crippen molar-refractivity contribution in [3.63, 3.8) is 0 Å². The van der Waals surface area contributed by atoms with E-state index >= 15 is 0 Å². The van der Waals surface area contributed by atoms with Crippen molar-refractivity contribution in [2.75, 3.05) is 20.2 Å². The van der Waals surface area contributed by atoms with Crippen LogP contribution in [0.15, 0.2) is 58.3 Å². The summed E-state index contributed by atoms with van der Waals surface area (Å²) in [7, 11) is 1.65. The van der Waals surface area contributed by atoms with Gasteiger partial charge in [0.1, 0.15) is 5.75 Å². The van der Waals surface area contributed by atoms with Crippen LogP contribution in [0, 0.1) is 0 Å². The molecule has 1 N–H and O–H groups in total. The molecule has 2 nitrogen and oxygen atoms in total. The third-order valence-electron chi connectivity index (χ3n) is 3.66. The maximum Gasteiger partial charge on any atom is 0.120 e. The third-order valence-corrected chi connectivity index (χ3v) is 5.23. The zero-order chi connectivity index (χ0) is 15.4. The summed E-state index contributed by atoms with van der Waals surface area (Å²) >= 11 is 8.08. The molecular weight excluding hydrogens is 314 g/mol. The van der Waals surface area contributed by atoms with Gasteiger partial charge in [0.05, 0.1) is 12.1 Å². The molecule has 0 unspecified atom stereocenters. The highest BCUT2D eigenvalue weighted by Crippen LogP contribution is 2.39. The Balaban J connectivity index is 1.91. The Labute approximate surface area is 140 Å². The standard InChI is InChI=1S/C18H18ClNOS/c1-21-14-6-7-18(16(19)12-14)22-17-5-3-2-4-15(17)13-8-10-20-11-9-13/h2-8,12,20H,9-11H2,1H3. The van der Waals surface area contributed by atoms with E-state index in [1.807, 2.05) is 18.2 Å². The topological polar surface area (TPSA) is 21.3 Å². The minimum Gasteiger partial charge on any atom is -0.497 e. The van der Waals surface area contributed by atoms with Crippen molar-refractivity contribution in [2.24, 2.45) is 0 Å². The maximum atomic E-state index is 6.37. The summed E-state index contributed by atoms with van der Waals surface area (Å²) in [5.41, 5.74) is 2.72. The Morgan fingerprint density at radius 2 is 2.00 bits per heavy atom. The van der Waals surface area contributed by atoms with Crippen LogP contribution in [0.3, 0.4) is 0 Å². The van der Waals surface area contributed by atoms with E-state index in [9.17, 15) is 0 Å². The van der Waals surface area contributed by atoms with E-state index in [1.165, 1.54) is 16.0 Å². The summed E-state index contributed by atoms with van der Waals surface area (Å²) in [5, 5.41) is 4.08. The van der Waals surface area contributed by atoms with Crippen molar-refractivity contribution in [3.8, 4) is 5.75 Å². The molecule has 2 aromatic carbocycles. The minimum atomic E-state index is 0.721. The first kappa shape index (κ1) is 15.5. The van der Waals surface area contributed by atoms with Gasteiger partial charge < -0.3 is 10.1 Å². The van der Waals surface area contributed by atoms with Crippen molar-refractivity contribution >= 4 is 28.9 Å². The van der Waals surface area contributed by atoms with Gasteiger partial charge in [0.25, 0.3) is 0 Å². The van der Waals surface area contributed by atoms with E-state index in [0.29, 0.717) is 0 Å². The lowest BCUT2D eigenvalue weighted by atomic mass is 10.0. The third kappa shape index (κ3) is 3.49. The summed E-state index contributed by atoms with van der Waals surface area (Å²) in [6, 6.07) is 14.3. The van der Waals surface area contributed by atoms with E-state index in [4.69, 9.17) is 16.3 Å². The zero-order valence-electron chi connectivity index (χ0n) is 12.4. The molecule has 4 heteroatoms. The average molecular weight is 332 g/mol. The number of ether oxygens (including phenoxy) is 1. The van der Waals surface area contributed by atoms with Crippen molar-refractivity contribution in [3.05, 3.63) is 59.1 Å². The Morgan fingerprint density at radius 3 is 2.73 bits per heavy atom. The lowest BCUT2D eigenvalue weighted by Crippen LogP contribution is -2.20. The van der Waals surface area contributed by atoms with Crippen molar-refractivity contribution in [1.29, 1.82) is 0 Å². The monoisotopic (exact) mass is 331 g/mol. The lowest BCUT2D eigenvalue weighted by Gasteiger charge is -2.17. The van der Waals surface area contributed by atoms with Crippen molar-refractivity contribution < 1.29 is 4.74 Å². The first-order valence-corrected chi connectivity index (χ1v) is 8.48. The largest absolute Gasteiger partial charge is 0.497 e. The summed E-state index contributed by atoms with van der Waals surface area (Å²) in [6.07, 6.45) is 3.34. The SMILES string of the molecule is COc1ccc(Sc2ccccc2C2=CCNCC2)c(Cl)c1. The normalized spacial score (nSPS) is 14.5. The van der Waals surface area contributed by atoms with Gasteiger partial charge in [-0.3, -0.25) is 0 Å². The van der Waals surface area contributed by atoms with Gasteiger partial charge in [0.15, 0.2) is 0 Å². The van der Waals surface area contributed by atoms with Crippen LogP contribution in [0.4, 0.5) is 0 Å². The smallest absolute Gasteiger partial charge is 0.120 e. The first-order valence-electron chi connectivity index (χ1n) is 7.28. The Bertz CT molecular complexity index is 699. The van der Waals surface area contributed by atoms with Gasteiger partial charge in [0, 0.05) is 16.3 Å². The Hall–Kier alpha value is -1.42. The second kappa shape index (κ2) is 7.23. The predicted octanol–water partition coefficient (Wildman–Crippen LogP) is 4.88. The first-order chi connectivity index (χ1) is 10.8. The summed E-state index contributed by atoms with van der Waals surface area (Å²) < 4.78 is 5.21. The Kier molecular flexibility index (Phi) is 5.08. The van der Waals surface area contributed by atoms with Crippen LogP contribution >= 0.6 is 23.4 Å². The predicted molar refractivity (Wildman–Crippen MR) is 94.0 cm³/mol. The van der Waals surface area contributed by atoms with E-state index < -0.39 is 0 Å². The van der Waals surface area contributed by atoms with Gasteiger partial charge in [-0.15, -0.1) is 0 Å². The highest BCUT2D eigenvalue weighted by molar-refractivity contribution is 7.99. The highest BCUT2D eigenvalue weighted by atomic mass is 35.5. The molecule has 0 saturated heterocycles. The number of methoxy groups -OCH3 is 1. The van der Waals surface area contributed by atoms with Gasteiger partial charge in [-0.25, -0.2) is 0 Å². The molecule has 1 aliphatic rings. The lowest BCUT2D eigenvalue weighted by molar-refractivity contribution is 0.414. The van der Waals surface area contributed by atoms with Crippen LogP contribution in [-0.4, -0.2) is 20.2 Å². The molecular formula is C18H18ClNOS. The molecule has 0 radical (unpaired) electrons. The van der Waals surface area contributed by atoms with Crippen LogP contribution in [0.25, 0.3) is 5.57 Å². The molecule has 0 aromatic heterocycles. The number of hydrogen-bond donors (Lipinski definition) is 1. The van der Waals surface area contributed by atoms with Crippen LogP contribution in [-0.2, 0) is 0 Å². The van der Waals surface area contributed by atoms with E-state index in [0.717, 1.165) is 35.2 Å². The summed E-state index contributed by atoms with van der Waals surface area (Å²) in [4.78, 5) is 2.28. The van der Waals surface area contributed by atoms with Crippen molar-refractivity contribution in [1.82, 2.24) is 5.32 Å². The summed E-state index contributed by atoms with van der Waals surface area (Å²) in [5.74, 6) is 0.781. The second-order valence-corrected chi connectivity index (χ2v) is 6.57. The molecule has 0 amide bonds. The van der Waals surface area contributed by atoms with Gasteiger partial charge in [-0.2, -0.15) is 0 Å². The Morgan fingerprint density at radius 1 is 1.14 bits per heavy atom. The number of hydrogen-bond acceptors (Lipinski definition) is 3. The van der Waals surface area contributed by atoms with Gasteiger partial charge in [-0.05, 0) is 48.4 Å². The number of halogens is 1. The number of nitrogens with one attached hydrogen (secondary N) is 1. The van der Waals surface area contributed by atoms with Crippen LogP contribution in [0.1, 0.15) is 12.0 Å². The van der Waals surface area contributed by atoms with Gasteiger partial charge in [-0.1, -0.05) is 47.6 Å². The molecule has 0 aliphatic carbocycles. The van der Waals surface area contributed by atoms with Crippen LogP contribution < -0.4 is 10.1 Å². The fraction of sp³-hybridized carbons (Fsp3) is 0.222. The summed E-state index contributed by atoms with van der Waals surface area (Å²) in [6.45, 7) is 1.98. The molecule has 3 rings (SSSR count). The molecule has 0 atom stereocenters. The fourth-order valence-electron chi connectivity index (χ4n) is 2.50. The maximum absolute atomic E-state index is 6.37. The van der Waals surface area contributed by atoms with E-state index in [2.05, 4.69) is 35.7 Å². The number of benzene rings is 2. The minimum absolute atomic E-state index is 0.721. The van der Waals surface area contributed by atoms with E-state index in [-0.39, 0.29) is 0 Å². The average Bonchev–Trinajstić information content (AvgIpc) is 2.58. The van der Waals surface area contributed by atoms with Gasteiger partial charge in [0.2, 0.25) is 0 Å². The zero-order valence-corrected chi connectivity index (χ0v) is 14.0. The highest BCUT2D eigenvalue weighted by Gasteiger charge is 2.12. The molecule has 1 aliphatic heterocycles. The molecule has 114 valence electrons. The molecule has 0 fully saturated rings. The van der Waals surface area contributed by atoms with Crippen LogP contribution in [0.5, 0.6) is 5.75 Å². The molecule has 2 aromatic rings. The van der Waals surface area contributed by atoms with Gasteiger partial charge >= 0.3 is 0 Å². The molecule has 0 bridgehead atoms. The molecule has 22 heavy (non-hydrogen) atoms. The van der Waals surface area contributed by atoms with Crippen LogP contribution in [0.2, 0.25) is 5.02 Å². The molecule has 0 spiro atoms. The molecule has 1 heterocycles. The second-order valence-electron chi connectivity index (χ2n) is 5.08. The number of rotatable bonds is 4.